The molecule has 1 atom stereocenters. The summed E-state index contributed by atoms with van der Waals surface area (Å²) >= 11 is 6.15. The maximum Gasteiger partial charge on any atom is 0.338 e. The molecule has 0 spiro atoms. The molecule has 1 aliphatic carbocycles. The zero-order valence-electron chi connectivity index (χ0n) is 15.2. The number of ketones is 1. The first-order valence-corrected chi connectivity index (χ1v) is 11.2. The van der Waals surface area contributed by atoms with Crippen molar-refractivity contribution in [1.82, 2.24) is 4.31 Å². The Morgan fingerprint density at radius 3 is 2.44 bits per heavy atom. The van der Waals surface area contributed by atoms with Gasteiger partial charge in [-0.1, -0.05) is 24.4 Å². The molecule has 1 heterocycles. The Morgan fingerprint density at radius 1 is 1.07 bits per heavy atom. The van der Waals surface area contributed by atoms with Gasteiger partial charge in [0.2, 0.25) is 10.0 Å². The van der Waals surface area contributed by atoms with Crippen molar-refractivity contribution in [3.05, 3.63) is 28.8 Å². The van der Waals surface area contributed by atoms with Crippen LogP contribution in [0.15, 0.2) is 23.1 Å². The van der Waals surface area contributed by atoms with E-state index < -0.39 is 22.1 Å². The summed E-state index contributed by atoms with van der Waals surface area (Å²) in [6, 6.07) is 4.09. The monoisotopic (exact) mass is 413 g/mol. The van der Waals surface area contributed by atoms with Crippen LogP contribution in [0.4, 0.5) is 0 Å². The predicted molar refractivity (Wildman–Crippen MR) is 101 cm³/mol. The van der Waals surface area contributed by atoms with E-state index in [9.17, 15) is 18.0 Å². The smallest absolute Gasteiger partial charge is 0.338 e. The van der Waals surface area contributed by atoms with Gasteiger partial charge in [0, 0.05) is 19.5 Å². The van der Waals surface area contributed by atoms with E-state index in [1.807, 2.05) is 0 Å². The van der Waals surface area contributed by atoms with Crippen molar-refractivity contribution in [3.63, 3.8) is 0 Å². The van der Waals surface area contributed by atoms with Crippen molar-refractivity contribution in [2.75, 3.05) is 13.1 Å². The number of benzene rings is 1. The number of esters is 1. The number of rotatable bonds is 4. The highest BCUT2D eigenvalue weighted by Gasteiger charge is 2.30. The van der Waals surface area contributed by atoms with Crippen molar-refractivity contribution in [2.24, 2.45) is 0 Å². The molecular formula is C19H24ClNO5S. The number of carbonyl (C=O) groups is 2. The summed E-state index contributed by atoms with van der Waals surface area (Å²) in [5.74, 6) is -0.778. The number of sulfonamides is 1. The first-order valence-electron chi connectivity index (χ1n) is 9.43. The van der Waals surface area contributed by atoms with Gasteiger partial charge in [0.05, 0.1) is 10.6 Å². The molecule has 2 aliphatic rings. The zero-order valence-corrected chi connectivity index (χ0v) is 16.7. The van der Waals surface area contributed by atoms with Crippen LogP contribution < -0.4 is 0 Å². The average Bonchev–Trinajstić information content (AvgIpc) is 2.94. The van der Waals surface area contributed by atoms with Crippen LogP contribution in [-0.4, -0.2) is 43.7 Å². The third-order valence-electron chi connectivity index (χ3n) is 5.10. The normalized spacial score (nSPS) is 22.3. The second-order valence-electron chi connectivity index (χ2n) is 7.07. The van der Waals surface area contributed by atoms with Gasteiger partial charge in [0.1, 0.15) is 4.90 Å². The molecule has 0 radical (unpaired) electrons. The highest BCUT2D eigenvalue weighted by molar-refractivity contribution is 7.89. The average molecular weight is 414 g/mol. The molecule has 0 bridgehead atoms. The molecule has 1 aromatic carbocycles. The summed E-state index contributed by atoms with van der Waals surface area (Å²) in [6.07, 6.45) is 5.44. The van der Waals surface area contributed by atoms with Gasteiger partial charge in [0.25, 0.3) is 0 Å². The Kier molecular flexibility index (Phi) is 6.55. The van der Waals surface area contributed by atoms with E-state index in [1.165, 1.54) is 22.5 Å². The van der Waals surface area contributed by atoms with E-state index in [0.717, 1.165) is 38.5 Å². The first kappa shape index (κ1) is 20.3. The molecule has 0 amide bonds. The van der Waals surface area contributed by atoms with Crippen LogP contribution >= 0.6 is 11.6 Å². The van der Waals surface area contributed by atoms with E-state index in [4.69, 9.17) is 16.3 Å². The van der Waals surface area contributed by atoms with Crippen molar-refractivity contribution in [3.8, 4) is 0 Å². The zero-order chi connectivity index (χ0) is 19.4. The summed E-state index contributed by atoms with van der Waals surface area (Å²) in [7, 11) is -3.79. The first-order chi connectivity index (χ1) is 12.9. The molecule has 1 aromatic rings. The molecule has 27 heavy (non-hydrogen) atoms. The largest absolute Gasteiger partial charge is 0.451 e. The van der Waals surface area contributed by atoms with Crippen LogP contribution in [-0.2, 0) is 19.6 Å². The maximum absolute atomic E-state index is 13.0. The van der Waals surface area contributed by atoms with Crippen LogP contribution in [0.5, 0.6) is 0 Å². The fourth-order valence-corrected chi connectivity index (χ4v) is 5.54. The van der Waals surface area contributed by atoms with Crippen LogP contribution in [0.2, 0.25) is 5.02 Å². The van der Waals surface area contributed by atoms with Gasteiger partial charge < -0.3 is 4.74 Å². The van der Waals surface area contributed by atoms with E-state index in [0.29, 0.717) is 25.9 Å². The van der Waals surface area contributed by atoms with E-state index in [-0.39, 0.29) is 21.3 Å². The molecule has 0 aromatic heterocycles. The number of hydrogen-bond acceptors (Lipinski definition) is 5. The minimum Gasteiger partial charge on any atom is -0.451 e. The van der Waals surface area contributed by atoms with Crippen LogP contribution in [0.25, 0.3) is 0 Å². The van der Waals surface area contributed by atoms with Gasteiger partial charge in [-0.05, 0) is 50.3 Å². The summed E-state index contributed by atoms with van der Waals surface area (Å²) in [4.78, 5) is 24.2. The third kappa shape index (κ3) is 4.70. The van der Waals surface area contributed by atoms with Crippen LogP contribution in [0.1, 0.15) is 61.7 Å². The molecule has 1 aliphatic heterocycles. The SMILES string of the molecule is O=C(O[C@@H]1CCCCC1=O)c1ccc(Cl)c(S(=O)(=O)N2CCCCCC2)c1. The lowest BCUT2D eigenvalue weighted by Gasteiger charge is -2.22. The number of halogens is 1. The van der Waals surface area contributed by atoms with Crippen molar-refractivity contribution >= 4 is 33.4 Å². The molecule has 148 valence electrons. The van der Waals surface area contributed by atoms with Gasteiger partial charge in [0.15, 0.2) is 11.9 Å². The number of Topliss-reactive ketones (excluding diaryl/α,β-unsaturated/α-hetero) is 1. The maximum atomic E-state index is 13.0. The standard InChI is InChI=1S/C19H24ClNO5S/c20-15-10-9-14(19(23)26-17-8-4-3-7-16(17)22)13-18(15)27(24,25)21-11-5-1-2-6-12-21/h9-10,13,17H,1-8,11-12H2/t17-/m1/s1. The van der Waals surface area contributed by atoms with E-state index in [1.54, 1.807) is 0 Å². The highest BCUT2D eigenvalue weighted by Crippen LogP contribution is 2.28. The fraction of sp³-hybridized carbons (Fsp3) is 0.579. The molecule has 0 N–H and O–H groups in total. The van der Waals surface area contributed by atoms with E-state index >= 15 is 0 Å². The summed E-state index contributed by atoms with van der Waals surface area (Å²) < 4.78 is 32.8. The number of hydrogen-bond donors (Lipinski definition) is 0. The highest BCUT2D eigenvalue weighted by atomic mass is 35.5. The lowest BCUT2D eigenvalue weighted by atomic mass is 9.96. The second-order valence-corrected chi connectivity index (χ2v) is 9.38. The van der Waals surface area contributed by atoms with Crippen molar-refractivity contribution in [2.45, 2.75) is 62.4 Å². The lowest BCUT2D eigenvalue weighted by molar-refractivity contribution is -0.129. The van der Waals surface area contributed by atoms with Crippen LogP contribution in [0.3, 0.4) is 0 Å². The number of ether oxygens (including phenoxy) is 1. The van der Waals surface area contributed by atoms with Crippen LogP contribution in [0, 0.1) is 0 Å². The molecule has 2 fully saturated rings. The molecule has 0 unspecified atom stereocenters. The molecule has 1 saturated carbocycles. The Hall–Kier alpha value is -1.44. The Bertz CT molecular complexity index is 815. The number of carbonyl (C=O) groups excluding carboxylic acids is 2. The molecule has 6 nitrogen and oxygen atoms in total. The van der Waals surface area contributed by atoms with Gasteiger partial charge in [-0.15, -0.1) is 0 Å². The topological polar surface area (TPSA) is 80.8 Å². The Labute approximate surface area is 164 Å². The van der Waals surface area contributed by atoms with Gasteiger partial charge >= 0.3 is 5.97 Å². The Morgan fingerprint density at radius 2 is 1.78 bits per heavy atom. The lowest BCUT2D eigenvalue weighted by Crippen LogP contribution is -2.32. The minimum atomic E-state index is -3.79. The molecule has 3 rings (SSSR count). The van der Waals surface area contributed by atoms with Gasteiger partial charge in [-0.3, -0.25) is 4.79 Å². The van der Waals surface area contributed by atoms with Gasteiger partial charge in [-0.25, -0.2) is 13.2 Å². The quantitative estimate of drug-likeness (QED) is 0.705. The van der Waals surface area contributed by atoms with E-state index in [2.05, 4.69) is 0 Å². The summed E-state index contributed by atoms with van der Waals surface area (Å²) in [5, 5.41) is 0.0736. The van der Waals surface area contributed by atoms with Gasteiger partial charge in [-0.2, -0.15) is 4.31 Å². The molecule has 1 saturated heterocycles. The van der Waals surface area contributed by atoms with Crippen molar-refractivity contribution < 1.29 is 22.7 Å². The summed E-state index contributed by atoms with van der Waals surface area (Å²) in [5.41, 5.74) is 0.0890. The summed E-state index contributed by atoms with van der Waals surface area (Å²) in [6.45, 7) is 0.897. The third-order valence-corrected chi connectivity index (χ3v) is 7.48. The number of nitrogens with zero attached hydrogens (tertiary/aromatic N) is 1. The van der Waals surface area contributed by atoms with Crippen molar-refractivity contribution in [1.29, 1.82) is 0 Å². The fourth-order valence-electron chi connectivity index (χ4n) is 3.52. The predicted octanol–water partition coefficient (Wildman–Crippen LogP) is 3.57. The second kappa shape index (κ2) is 8.71. The Balaban J connectivity index is 1.83. The molecular weight excluding hydrogens is 390 g/mol. The minimum absolute atomic E-state index is 0.0736. The molecule has 8 heteroatoms.